The van der Waals surface area contributed by atoms with E-state index in [4.69, 9.17) is 5.73 Å². The Morgan fingerprint density at radius 2 is 2.00 bits per heavy atom. The van der Waals surface area contributed by atoms with Gasteiger partial charge in [0.15, 0.2) is 0 Å². The first-order chi connectivity index (χ1) is 7.80. The fraction of sp³-hybridized carbons (Fsp3) is 0.500. The molecule has 0 bridgehead atoms. The molecule has 0 amide bonds. The molecule has 1 aromatic rings. The third kappa shape index (κ3) is 4.65. The Balaban J connectivity index is 2.76. The van der Waals surface area contributed by atoms with Gasteiger partial charge in [0.2, 0.25) is 10.0 Å². The van der Waals surface area contributed by atoms with E-state index < -0.39 is 10.0 Å². The van der Waals surface area contributed by atoms with Crippen molar-refractivity contribution in [3.05, 3.63) is 23.8 Å². The van der Waals surface area contributed by atoms with Crippen LogP contribution in [0.15, 0.2) is 18.2 Å². The zero-order valence-corrected chi connectivity index (χ0v) is 11.3. The molecule has 0 radical (unpaired) electrons. The van der Waals surface area contributed by atoms with Gasteiger partial charge in [-0.15, -0.1) is 0 Å². The molecule has 0 fully saturated rings. The molecule has 0 aliphatic carbocycles. The van der Waals surface area contributed by atoms with Gasteiger partial charge in [0.05, 0.1) is 17.1 Å². The lowest BCUT2D eigenvalue weighted by Gasteiger charge is -2.11. The second-order valence-electron chi connectivity index (χ2n) is 4.69. The fourth-order valence-electron chi connectivity index (χ4n) is 1.38. The van der Waals surface area contributed by atoms with Crippen LogP contribution in [0.3, 0.4) is 0 Å². The third-order valence-corrected chi connectivity index (χ3v) is 3.74. The van der Waals surface area contributed by atoms with Crippen LogP contribution in [0.25, 0.3) is 0 Å². The zero-order chi connectivity index (χ0) is 13.1. The van der Waals surface area contributed by atoms with E-state index in [2.05, 4.69) is 4.72 Å². The number of sulfonamides is 1. The van der Waals surface area contributed by atoms with E-state index in [1.165, 1.54) is 0 Å². The summed E-state index contributed by atoms with van der Waals surface area (Å²) in [5, 5.41) is 0. The van der Waals surface area contributed by atoms with Crippen molar-refractivity contribution >= 4 is 21.4 Å². The summed E-state index contributed by atoms with van der Waals surface area (Å²) < 4.78 is 26.1. The van der Waals surface area contributed by atoms with Gasteiger partial charge in [-0.3, -0.25) is 4.72 Å². The minimum atomic E-state index is -3.30. The lowest BCUT2D eigenvalue weighted by molar-refractivity contribution is 0.578. The molecule has 0 atom stereocenters. The van der Waals surface area contributed by atoms with Crippen LogP contribution >= 0.6 is 0 Å². The number of rotatable bonds is 5. The predicted octanol–water partition coefficient (Wildman–Crippen LogP) is 2.37. The molecular formula is C12H20N2O2S. The molecule has 96 valence electrons. The van der Waals surface area contributed by atoms with Crippen molar-refractivity contribution in [2.75, 3.05) is 16.2 Å². The highest BCUT2D eigenvalue weighted by atomic mass is 32.2. The lowest BCUT2D eigenvalue weighted by atomic mass is 10.2. The summed E-state index contributed by atoms with van der Waals surface area (Å²) in [4.78, 5) is 0. The summed E-state index contributed by atoms with van der Waals surface area (Å²) in [5.74, 6) is 0.486. The molecule has 17 heavy (non-hydrogen) atoms. The monoisotopic (exact) mass is 256 g/mol. The van der Waals surface area contributed by atoms with Crippen LogP contribution in [-0.4, -0.2) is 14.2 Å². The van der Waals surface area contributed by atoms with Crippen molar-refractivity contribution in [2.24, 2.45) is 5.92 Å². The zero-order valence-electron chi connectivity index (χ0n) is 10.5. The Labute approximate surface area is 103 Å². The van der Waals surface area contributed by atoms with E-state index in [9.17, 15) is 8.42 Å². The molecule has 0 heterocycles. The van der Waals surface area contributed by atoms with Crippen molar-refractivity contribution in [3.63, 3.8) is 0 Å². The highest BCUT2D eigenvalue weighted by Crippen LogP contribution is 2.21. The highest BCUT2D eigenvalue weighted by Gasteiger charge is 2.12. The SMILES string of the molecule is Cc1ccc(NS(=O)(=O)CCC(C)C)c(N)c1. The molecule has 1 aromatic carbocycles. The van der Waals surface area contributed by atoms with E-state index in [0.717, 1.165) is 5.56 Å². The molecule has 0 saturated heterocycles. The minimum Gasteiger partial charge on any atom is -0.397 e. The van der Waals surface area contributed by atoms with Gasteiger partial charge in [-0.2, -0.15) is 0 Å². The molecule has 0 aromatic heterocycles. The van der Waals surface area contributed by atoms with Gasteiger partial charge >= 0.3 is 0 Å². The summed E-state index contributed by atoms with van der Waals surface area (Å²) in [5.41, 5.74) is 7.68. The normalized spacial score (nSPS) is 11.8. The number of benzene rings is 1. The number of aryl methyl sites for hydroxylation is 1. The maximum atomic E-state index is 11.8. The van der Waals surface area contributed by atoms with Gasteiger partial charge in [-0.25, -0.2) is 8.42 Å². The molecule has 0 aliphatic rings. The summed E-state index contributed by atoms with van der Waals surface area (Å²) in [6.07, 6.45) is 0.640. The lowest BCUT2D eigenvalue weighted by Crippen LogP contribution is -2.18. The molecule has 1 rings (SSSR count). The maximum Gasteiger partial charge on any atom is 0.232 e. The van der Waals surface area contributed by atoms with Gasteiger partial charge in [0, 0.05) is 0 Å². The average molecular weight is 256 g/mol. The Hall–Kier alpha value is -1.23. The number of nitrogen functional groups attached to an aromatic ring is 1. The molecule has 3 N–H and O–H groups in total. The Kier molecular flexibility index (Phi) is 4.40. The van der Waals surface area contributed by atoms with Crippen LogP contribution in [0.5, 0.6) is 0 Å². The topological polar surface area (TPSA) is 72.2 Å². The number of anilines is 2. The van der Waals surface area contributed by atoms with Crippen molar-refractivity contribution in [1.29, 1.82) is 0 Å². The third-order valence-electron chi connectivity index (χ3n) is 2.44. The van der Waals surface area contributed by atoms with Gasteiger partial charge < -0.3 is 5.73 Å². The largest absolute Gasteiger partial charge is 0.397 e. The van der Waals surface area contributed by atoms with E-state index in [0.29, 0.717) is 23.7 Å². The van der Waals surface area contributed by atoms with Crippen molar-refractivity contribution in [2.45, 2.75) is 27.2 Å². The van der Waals surface area contributed by atoms with Crippen LogP contribution in [0.1, 0.15) is 25.8 Å². The maximum absolute atomic E-state index is 11.8. The van der Waals surface area contributed by atoms with E-state index in [-0.39, 0.29) is 5.75 Å². The molecule has 4 nitrogen and oxygen atoms in total. The van der Waals surface area contributed by atoms with Gasteiger partial charge in [-0.05, 0) is 37.0 Å². The summed E-state index contributed by atoms with van der Waals surface area (Å²) in [6.45, 7) is 5.90. The molecular weight excluding hydrogens is 236 g/mol. The van der Waals surface area contributed by atoms with Gasteiger partial charge in [0.25, 0.3) is 0 Å². The van der Waals surface area contributed by atoms with Crippen molar-refractivity contribution in [1.82, 2.24) is 0 Å². The van der Waals surface area contributed by atoms with Gasteiger partial charge in [0.1, 0.15) is 0 Å². The number of hydrogen-bond donors (Lipinski definition) is 2. The van der Waals surface area contributed by atoms with Crippen molar-refractivity contribution < 1.29 is 8.42 Å². The van der Waals surface area contributed by atoms with E-state index >= 15 is 0 Å². The quantitative estimate of drug-likeness (QED) is 0.794. The van der Waals surface area contributed by atoms with Crippen LogP contribution in [0, 0.1) is 12.8 Å². The number of nitrogens with one attached hydrogen (secondary N) is 1. The second-order valence-corrected chi connectivity index (χ2v) is 6.54. The Morgan fingerprint density at radius 1 is 1.35 bits per heavy atom. The van der Waals surface area contributed by atoms with Crippen LogP contribution in [0.4, 0.5) is 11.4 Å². The fourth-order valence-corrected chi connectivity index (χ4v) is 2.79. The summed E-state index contributed by atoms with van der Waals surface area (Å²) in [6, 6.07) is 5.27. The highest BCUT2D eigenvalue weighted by molar-refractivity contribution is 7.92. The van der Waals surface area contributed by atoms with E-state index in [1.807, 2.05) is 26.8 Å². The smallest absolute Gasteiger partial charge is 0.232 e. The molecule has 5 heteroatoms. The Bertz CT molecular complexity index is 481. The molecule has 0 spiro atoms. The Morgan fingerprint density at radius 3 is 2.53 bits per heavy atom. The van der Waals surface area contributed by atoms with Crippen LogP contribution in [-0.2, 0) is 10.0 Å². The summed E-state index contributed by atoms with van der Waals surface area (Å²) >= 11 is 0. The minimum absolute atomic E-state index is 0.123. The van der Waals surface area contributed by atoms with E-state index in [1.54, 1.807) is 12.1 Å². The number of hydrogen-bond acceptors (Lipinski definition) is 3. The van der Waals surface area contributed by atoms with Crippen LogP contribution in [0.2, 0.25) is 0 Å². The predicted molar refractivity (Wildman–Crippen MR) is 72.5 cm³/mol. The standard InChI is InChI=1S/C12H20N2O2S/c1-9(2)6-7-17(15,16)14-12-5-4-10(3)8-11(12)13/h4-5,8-9,14H,6-7,13H2,1-3H3. The molecule has 0 aliphatic heterocycles. The first kappa shape index (κ1) is 13.8. The van der Waals surface area contributed by atoms with Gasteiger partial charge in [-0.1, -0.05) is 19.9 Å². The first-order valence-electron chi connectivity index (χ1n) is 5.67. The van der Waals surface area contributed by atoms with Crippen LogP contribution < -0.4 is 10.5 Å². The average Bonchev–Trinajstić information content (AvgIpc) is 2.20. The van der Waals surface area contributed by atoms with Crippen molar-refractivity contribution in [3.8, 4) is 0 Å². The number of nitrogens with two attached hydrogens (primary N) is 1. The molecule has 0 saturated carbocycles. The molecule has 0 unspecified atom stereocenters. The first-order valence-corrected chi connectivity index (χ1v) is 7.32. The second kappa shape index (κ2) is 5.40. The summed E-state index contributed by atoms with van der Waals surface area (Å²) in [7, 11) is -3.30.